The van der Waals surface area contributed by atoms with Crippen LogP contribution < -0.4 is 4.57 Å². The first kappa shape index (κ1) is 22.3. The molecule has 0 aliphatic rings. The molecule has 0 aliphatic carbocycles. The summed E-state index contributed by atoms with van der Waals surface area (Å²) in [6.45, 7) is 2.16. The molecule has 4 radical (unpaired) electrons. The van der Waals surface area contributed by atoms with E-state index in [0.717, 1.165) is 27.7 Å². The van der Waals surface area contributed by atoms with Crippen LogP contribution in [-0.4, -0.2) is 13.4 Å². The van der Waals surface area contributed by atoms with Gasteiger partial charge in [0.15, 0.2) is 5.52 Å². The Labute approximate surface area is 204 Å². The Balaban J connectivity index is 0.00000128. The van der Waals surface area contributed by atoms with Crippen molar-refractivity contribution in [3.63, 3.8) is 0 Å². The molecule has 140 valence electrons. The second kappa shape index (κ2) is 9.20. The first-order valence-electron chi connectivity index (χ1n) is 9.38. The average molecular weight is 459 g/mol. The molecule has 0 saturated carbocycles. The van der Waals surface area contributed by atoms with Gasteiger partial charge in [0, 0.05) is 46.5 Å². The molecule has 5 rings (SSSR count). The molecule has 0 bridgehead atoms. The molecule has 4 heteroatoms. The van der Waals surface area contributed by atoms with Crippen LogP contribution in [0, 0.1) is 19.1 Å². The van der Waals surface area contributed by atoms with Crippen LogP contribution in [-0.2, 0) is 39.8 Å². The van der Waals surface area contributed by atoms with Crippen molar-refractivity contribution in [3.8, 4) is 22.4 Å². The van der Waals surface area contributed by atoms with Gasteiger partial charge in [-0.15, -0.1) is 17.7 Å². The zero-order chi connectivity index (χ0) is 19.1. The van der Waals surface area contributed by atoms with E-state index in [1.165, 1.54) is 21.9 Å². The van der Waals surface area contributed by atoms with E-state index in [1.807, 2.05) is 24.5 Å². The smallest absolute Gasteiger partial charge is 0.240 e. The molecular weight excluding hydrogens is 440 g/mol. The van der Waals surface area contributed by atoms with Crippen LogP contribution in [0.25, 0.3) is 44.1 Å². The van der Waals surface area contributed by atoms with E-state index in [1.54, 1.807) is 0 Å². The Kier molecular flexibility index (Phi) is 6.85. The van der Waals surface area contributed by atoms with Gasteiger partial charge in [0.25, 0.3) is 6.33 Å². The molecule has 0 atom stereocenters. The van der Waals surface area contributed by atoms with Crippen LogP contribution in [0.4, 0.5) is 0 Å². The van der Waals surface area contributed by atoms with Gasteiger partial charge in [-0.3, -0.25) is 0 Å². The van der Waals surface area contributed by atoms with E-state index in [4.69, 9.17) is 4.98 Å². The maximum absolute atomic E-state index is 4.74. The van der Waals surface area contributed by atoms with Crippen molar-refractivity contribution >= 4 is 30.1 Å². The summed E-state index contributed by atoms with van der Waals surface area (Å²) in [5, 5.41) is 3.54. The van der Waals surface area contributed by atoms with Crippen molar-refractivity contribution < 1.29 is 37.3 Å². The van der Waals surface area contributed by atoms with E-state index in [0.29, 0.717) is 0 Å². The Morgan fingerprint density at radius 3 is 2.43 bits per heavy atom. The molecule has 0 aliphatic heterocycles. The maximum Gasteiger partial charge on any atom is 0.286 e. The summed E-state index contributed by atoms with van der Waals surface area (Å²) in [7, 11) is 2.05. The number of fused-ring (bicyclic) bond motifs is 3. The van der Waals surface area contributed by atoms with Crippen LogP contribution in [0.2, 0.25) is 0 Å². The van der Waals surface area contributed by atoms with Crippen LogP contribution in [0.5, 0.6) is 0 Å². The second-order valence-electron chi connectivity index (χ2n) is 7.11. The van der Waals surface area contributed by atoms with Gasteiger partial charge in [-0.2, -0.15) is 36.4 Å². The van der Waals surface area contributed by atoms with Crippen molar-refractivity contribution in [1.29, 1.82) is 0 Å². The third kappa shape index (κ3) is 3.85. The molecule has 4 aromatic carbocycles. The second-order valence-corrected chi connectivity index (χ2v) is 7.11. The molecule has 30 heavy (non-hydrogen) atoms. The van der Waals surface area contributed by atoms with Gasteiger partial charge in [-0.05, 0) is 22.5 Å². The number of rotatable bonds is 2. The molecule has 0 saturated heterocycles. The Hall–Kier alpha value is -2.35. The van der Waals surface area contributed by atoms with Gasteiger partial charge >= 0.3 is 0 Å². The van der Waals surface area contributed by atoms with Gasteiger partial charge in [0.05, 0.1) is 12.4 Å². The van der Waals surface area contributed by atoms with Crippen LogP contribution >= 0.6 is 0 Å². The first-order valence-corrected chi connectivity index (χ1v) is 9.38. The maximum atomic E-state index is 4.74. The summed E-state index contributed by atoms with van der Waals surface area (Å²) >= 11 is 0. The Bertz CT molecular complexity index is 1330. The first-order chi connectivity index (χ1) is 13.7. The van der Waals surface area contributed by atoms with Gasteiger partial charge in [-0.1, -0.05) is 36.8 Å². The minimum Gasteiger partial charge on any atom is -0.240 e. The fourth-order valence-corrected chi connectivity index (χ4v) is 3.88. The number of aryl methyl sites for hydroxylation is 2. The van der Waals surface area contributed by atoms with Crippen LogP contribution in [0.15, 0.2) is 79.1 Å². The summed E-state index contributed by atoms with van der Waals surface area (Å²) in [4.78, 5) is 4.74. The van der Waals surface area contributed by atoms with E-state index in [-0.39, 0.29) is 41.1 Å². The minimum absolute atomic E-state index is 0. The predicted octanol–water partition coefficient (Wildman–Crippen LogP) is 5.07. The molecule has 0 fully saturated rings. The summed E-state index contributed by atoms with van der Waals surface area (Å²) in [5.74, 6) is 0. The standard InChI is InChI=1S/C26H19N2.B.Y/c1-18-16-21(19-8-4-3-5-9-19)13-14-22(18)26-24-15-12-20-10-6-7-11-23(20)25(24)27-17-28(26)2;;/h3-8,10-12,14-17H,1-2H3;;/q-1;;. The van der Waals surface area contributed by atoms with Crippen LogP contribution in [0.3, 0.4) is 0 Å². The summed E-state index contributed by atoms with van der Waals surface area (Å²) in [6, 6.07) is 31.8. The minimum atomic E-state index is 0. The third-order valence-corrected chi connectivity index (χ3v) is 5.28. The normalized spacial score (nSPS) is 10.5. The summed E-state index contributed by atoms with van der Waals surface area (Å²) < 4.78 is 2.10. The van der Waals surface area contributed by atoms with Crippen molar-refractivity contribution in [2.45, 2.75) is 6.92 Å². The van der Waals surface area contributed by atoms with Gasteiger partial charge in [0.2, 0.25) is 0 Å². The number of benzene rings is 4. The fourth-order valence-electron chi connectivity index (χ4n) is 3.88. The number of hydrogen-bond acceptors (Lipinski definition) is 1. The van der Waals surface area contributed by atoms with Gasteiger partial charge in [0.1, 0.15) is 5.69 Å². The molecule has 5 aromatic rings. The SMILES string of the molecule is Cc1cc(-c2[c-]cccc2)[c-]cc1-c1c2ccc3ccccc3c2nc[n+]1C.[B].[Y]. The van der Waals surface area contributed by atoms with Crippen molar-refractivity contribution in [2.24, 2.45) is 7.05 Å². The van der Waals surface area contributed by atoms with E-state index in [9.17, 15) is 0 Å². The zero-order valence-corrected chi connectivity index (χ0v) is 19.9. The molecule has 0 amide bonds. The van der Waals surface area contributed by atoms with Gasteiger partial charge in [-0.25, -0.2) is 15.7 Å². The number of hydrogen-bond donors (Lipinski definition) is 0. The largest absolute Gasteiger partial charge is 0.286 e. The third-order valence-electron chi connectivity index (χ3n) is 5.28. The van der Waals surface area contributed by atoms with E-state index < -0.39 is 0 Å². The number of nitrogens with zero attached hydrogens (tertiary/aromatic N) is 2. The molecule has 1 aromatic heterocycles. The Morgan fingerprint density at radius 1 is 0.867 bits per heavy atom. The van der Waals surface area contributed by atoms with Crippen LogP contribution in [0.1, 0.15) is 5.56 Å². The molecule has 0 N–H and O–H groups in total. The van der Waals surface area contributed by atoms with E-state index in [2.05, 4.69) is 85.3 Å². The summed E-state index contributed by atoms with van der Waals surface area (Å²) in [5.41, 5.74) is 6.70. The summed E-state index contributed by atoms with van der Waals surface area (Å²) in [6.07, 6.45) is 1.91. The monoisotopic (exact) mass is 459 g/mol. The fraction of sp³-hybridized carbons (Fsp3) is 0.0769. The quantitative estimate of drug-likeness (QED) is 0.156. The predicted molar refractivity (Wildman–Crippen MR) is 119 cm³/mol. The molecule has 1 heterocycles. The molecule has 0 spiro atoms. The molecular formula is C26H19BN2Y-. The molecule has 0 unspecified atom stereocenters. The van der Waals surface area contributed by atoms with E-state index >= 15 is 0 Å². The van der Waals surface area contributed by atoms with Crippen molar-refractivity contribution in [3.05, 3.63) is 96.8 Å². The number of aromatic nitrogens is 2. The Morgan fingerprint density at radius 2 is 1.67 bits per heavy atom. The average Bonchev–Trinajstić information content (AvgIpc) is 2.74. The van der Waals surface area contributed by atoms with Gasteiger partial charge < -0.3 is 0 Å². The molecule has 2 nitrogen and oxygen atoms in total. The topological polar surface area (TPSA) is 16.8 Å². The van der Waals surface area contributed by atoms with Crippen molar-refractivity contribution in [1.82, 2.24) is 4.98 Å². The van der Waals surface area contributed by atoms with Crippen molar-refractivity contribution in [2.75, 3.05) is 0 Å². The zero-order valence-electron chi connectivity index (χ0n) is 17.1.